The van der Waals surface area contributed by atoms with Crippen molar-refractivity contribution in [1.82, 2.24) is 0 Å². The molecule has 2 aliphatic carbocycles. The first-order valence-corrected chi connectivity index (χ1v) is 16.8. The smallest absolute Gasteiger partial charge is 0.0156 e. The first kappa shape index (κ1) is 26.3. The molecular formula is C46H36. The van der Waals surface area contributed by atoms with E-state index in [2.05, 4.69) is 149 Å². The van der Waals surface area contributed by atoms with Gasteiger partial charge in [-0.15, -0.1) is 0 Å². The molecule has 0 saturated carbocycles. The van der Waals surface area contributed by atoms with Crippen LogP contribution < -0.4 is 0 Å². The van der Waals surface area contributed by atoms with E-state index in [1.165, 1.54) is 98.0 Å². The molecule has 0 atom stereocenters. The molecule has 46 heavy (non-hydrogen) atoms. The van der Waals surface area contributed by atoms with E-state index in [-0.39, 0.29) is 10.8 Å². The molecule has 0 heterocycles. The largest absolute Gasteiger partial charge is 0.0755 e. The summed E-state index contributed by atoms with van der Waals surface area (Å²) in [7, 11) is 0. The van der Waals surface area contributed by atoms with E-state index in [4.69, 9.17) is 0 Å². The molecule has 10 rings (SSSR count). The predicted molar refractivity (Wildman–Crippen MR) is 200 cm³/mol. The van der Waals surface area contributed by atoms with Crippen molar-refractivity contribution < 1.29 is 0 Å². The summed E-state index contributed by atoms with van der Waals surface area (Å²) in [4.78, 5) is 0. The second kappa shape index (κ2) is 8.86. The Hall–Kier alpha value is -4.94. The normalized spacial score (nSPS) is 17.1. The lowest BCUT2D eigenvalue weighted by atomic mass is 9.73. The average Bonchev–Trinajstić information content (AvgIpc) is 3.31. The van der Waals surface area contributed by atoms with Crippen molar-refractivity contribution >= 4 is 70.2 Å². The van der Waals surface area contributed by atoms with Crippen LogP contribution in [-0.2, 0) is 17.3 Å². The van der Waals surface area contributed by atoms with E-state index in [0.717, 1.165) is 12.8 Å². The Morgan fingerprint density at radius 1 is 0.500 bits per heavy atom. The SMILES string of the molecule is CC1(C)CC=C2C(=CCc3c1c1ccc4ccccc4c1c1ccccc31)C(C)(C)c1cc3ccc4cccc5ccc(c12)c3c45. The highest BCUT2D eigenvalue weighted by Gasteiger charge is 2.41. The molecule has 0 amide bonds. The van der Waals surface area contributed by atoms with E-state index in [0.29, 0.717) is 0 Å². The zero-order chi connectivity index (χ0) is 30.9. The maximum atomic E-state index is 2.60. The van der Waals surface area contributed by atoms with Gasteiger partial charge >= 0.3 is 0 Å². The van der Waals surface area contributed by atoms with Gasteiger partial charge in [0.1, 0.15) is 0 Å². The van der Waals surface area contributed by atoms with Gasteiger partial charge in [0.2, 0.25) is 0 Å². The summed E-state index contributed by atoms with van der Waals surface area (Å²) in [5, 5.41) is 16.5. The van der Waals surface area contributed by atoms with Crippen LogP contribution in [0.4, 0.5) is 0 Å². The molecule has 0 fully saturated rings. The topological polar surface area (TPSA) is 0 Å². The maximum absolute atomic E-state index is 2.60. The summed E-state index contributed by atoms with van der Waals surface area (Å²) in [5.41, 5.74) is 8.67. The van der Waals surface area contributed by atoms with Crippen molar-refractivity contribution in [3.8, 4) is 0 Å². The Morgan fingerprint density at radius 3 is 1.98 bits per heavy atom. The van der Waals surface area contributed by atoms with E-state index >= 15 is 0 Å². The van der Waals surface area contributed by atoms with Crippen LogP contribution in [0, 0.1) is 0 Å². The van der Waals surface area contributed by atoms with Gasteiger partial charge in [-0.05, 0) is 122 Å². The summed E-state index contributed by atoms with van der Waals surface area (Å²) >= 11 is 0. The fraction of sp³-hybridized carbons (Fsp3) is 0.174. The summed E-state index contributed by atoms with van der Waals surface area (Å²) in [6.45, 7) is 9.85. The molecule has 8 aromatic rings. The number of benzene rings is 8. The van der Waals surface area contributed by atoms with Crippen LogP contribution >= 0.6 is 0 Å². The van der Waals surface area contributed by atoms with Crippen LogP contribution in [0.15, 0.2) is 127 Å². The van der Waals surface area contributed by atoms with Crippen molar-refractivity contribution in [3.05, 3.63) is 149 Å². The van der Waals surface area contributed by atoms with E-state index in [9.17, 15) is 0 Å². The Labute approximate surface area is 270 Å². The first-order chi connectivity index (χ1) is 22.3. The van der Waals surface area contributed by atoms with Gasteiger partial charge in [0.05, 0.1) is 0 Å². The summed E-state index contributed by atoms with van der Waals surface area (Å²) in [5.74, 6) is 0. The third-order valence-corrected chi connectivity index (χ3v) is 11.6. The van der Waals surface area contributed by atoms with E-state index in [1.54, 1.807) is 0 Å². The second-order valence-electron chi connectivity index (χ2n) is 14.9. The molecule has 0 aliphatic heterocycles. The van der Waals surface area contributed by atoms with Gasteiger partial charge in [-0.3, -0.25) is 0 Å². The molecule has 0 aromatic heterocycles. The molecule has 0 saturated heterocycles. The molecule has 0 N–H and O–H groups in total. The third kappa shape index (κ3) is 3.29. The monoisotopic (exact) mass is 588 g/mol. The van der Waals surface area contributed by atoms with Gasteiger partial charge < -0.3 is 0 Å². The Morgan fingerprint density at radius 2 is 1.15 bits per heavy atom. The zero-order valence-electron chi connectivity index (χ0n) is 27.0. The number of hydrogen-bond donors (Lipinski definition) is 0. The van der Waals surface area contributed by atoms with Gasteiger partial charge in [-0.1, -0.05) is 143 Å². The van der Waals surface area contributed by atoms with Crippen molar-refractivity contribution in [3.63, 3.8) is 0 Å². The van der Waals surface area contributed by atoms with Crippen LogP contribution in [0.2, 0.25) is 0 Å². The van der Waals surface area contributed by atoms with Crippen LogP contribution in [-0.4, -0.2) is 0 Å². The number of allylic oxidation sites excluding steroid dienone is 4. The molecule has 0 radical (unpaired) electrons. The standard InChI is InChI=1S/C46H36/c1-45(2)25-24-35-38(46(3,4)39-26-30-17-16-28-11-9-12-29-19-20-36(43(35)39)41(30)40(28)29)23-22-34-32-14-7-8-15-33(32)42-31-13-6-5-10-27(31)18-21-37(42)44(34)45/h5-21,23-24,26H,22,25H2,1-4H3. The lowest BCUT2D eigenvalue weighted by Crippen LogP contribution is -2.19. The zero-order valence-corrected chi connectivity index (χ0v) is 27.0. The van der Waals surface area contributed by atoms with Gasteiger partial charge in [-0.2, -0.15) is 0 Å². The van der Waals surface area contributed by atoms with Crippen LogP contribution in [0.3, 0.4) is 0 Å². The lowest BCUT2D eigenvalue weighted by Gasteiger charge is -2.30. The molecule has 0 unspecified atom stereocenters. The third-order valence-electron chi connectivity index (χ3n) is 11.6. The van der Waals surface area contributed by atoms with Crippen molar-refractivity contribution in [2.24, 2.45) is 0 Å². The molecule has 8 aromatic carbocycles. The highest BCUT2D eigenvalue weighted by Crippen LogP contribution is 2.56. The molecule has 0 spiro atoms. The number of hydrogen-bond acceptors (Lipinski definition) is 0. The van der Waals surface area contributed by atoms with Crippen molar-refractivity contribution in [2.75, 3.05) is 0 Å². The van der Waals surface area contributed by atoms with Gasteiger partial charge in [0.15, 0.2) is 0 Å². The fourth-order valence-electron chi connectivity index (χ4n) is 9.47. The maximum Gasteiger partial charge on any atom is 0.0156 e. The average molecular weight is 589 g/mol. The molecule has 0 heteroatoms. The highest BCUT2D eigenvalue weighted by atomic mass is 14.4. The lowest BCUT2D eigenvalue weighted by molar-refractivity contribution is 0.536. The minimum Gasteiger partial charge on any atom is -0.0755 e. The molecule has 220 valence electrons. The molecule has 0 nitrogen and oxygen atoms in total. The Balaban J connectivity index is 1.29. The van der Waals surface area contributed by atoms with E-state index < -0.39 is 0 Å². The Bertz CT molecular complexity index is 2660. The number of rotatable bonds is 0. The van der Waals surface area contributed by atoms with Crippen molar-refractivity contribution in [2.45, 2.75) is 51.4 Å². The van der Waals surface area contributed by atoms with E-state index in [1.807, 2.05) is 0 Å². The minimum atomic E-state index is -0.0941. The van der Waals surface area contributed by atoms with Gasteiger partial charge in [-0.25, -0.2) is 0 Å². The van der Waals surface area contributed by atoms with Crippen LogP contribution in [0.1, 0.15) is 56.4 Å². The van der Waals surface area contributed by atoms with Crippen LogP contribution in [0.5, 0.6) is 0 Å². The molecular weight excluding hydrogens is 553 g/mol. The summed E-state index contributed by atoms with van der Waals surface area (Å²) < 4.78 is 0. The summed E-state index contributed by atoms with van der Waals surface area (Å²) in [6.07, 6.45) is 7.10. The van der Waals surface area contributed by atoms with Crippen molar-refractivity contribution in [1.29, 1.82) is 0 Å². The Kier molecular flexibility index (Phi) is 5.06. The second-order valence-corrected chi connectivity index (χ2v) is 14.9. The first-order valence-electron chi connectivity index (χ1n) is 16.8. The van der Waals surface area contributed by atoms with Crippen LogP contribution in [0.25, 0.3) is 70.2 Å². The minimum absolute atomic E-state index is 0.0625. The summed E-state index contributed by atoms with van der Waals surface area (Å²) in [6, 6.07) is 41.4. The molecule has 2 aliphatic rings. The number of fused-ring (bicyclic) bond motifs is 12. The molecule has 0 bridgehead atoms. The fourth-order valence-corrected chi connectivity index (χ4v) is 9.47. The van der Waals surface area contributed by atoms with Gasteiger partial charge in [0, 0.05) is 5.41 Å². The predicted octanol–water partition coefficient (Wildman–Crippen LogP) is 12.6. The highest BCUT2D eigenvalue weighted by molar-refractivity contribution is 6.26. The van der Waals surface area contributed by atoms with Gasteiger partial charge in [0.25, 0.3) is 0 Å². The quantitative estimate of drug-likeness (QED) is 0.155.